The predicted octanol–water partition coefficient (Wildman–Crippen LogP) is 4.25. The molecular weight excluding hydrogens is 499 g/mol. The standard InChI is InChI=1S/C26H28F3N7O2/c1-16-15-38-21-5-3-4-20(22(21)24(37)31-16)33-23-19(26(27,28)29)14-30-25(34-23)32-17-6-8-18(9-7-17)36-12-10-35(2)11-13-36/h3-9,14,16H,10-13,15H2,1-2H3,(H,31,37)(H2,30,32,33,34)/t16-/m0/s1. The van der Waals surface area contributed by atoms with E-state index in [1.165, 1.54) is 6.07 Å². The Balaban J connectivity index is 1.41. The Labute approximate surface area is 218 Å². The first-order valence-corrected chi connectivity index (χ1v) is 12.3. The van der Waals surface area contributed by atoms with Gasteiger partial charge in [-0.1, -0.05) is 6.07 Å². The molecule has 9 nitrogen and oxygen atoms in total. The number of carbonyl (C=O) groups excluding carboxylic acids is 1. The van der Waals surface area contributed by atoms with Gasteiger partial charge >= 0.3 is 6.18 Å². The van der Waals surface area contributed by atoms with Gasteiger partial charge in [-0.15, -0.1) is 0 Å². The number of rotatable bonds is 5. The average Bonchev–Trinajstić information content (AvgIpc) is 3.02. The summed E-state index contributed by atoms with van der Waals surface area (Å²) in [6, 6.07) is 12.0. The Bertz CT molecular complexity index is 1310. The van der Waals surface area contributed by atoms with Crippen LogP contribution in [0.3, 0.4) is 0 Å². The molecular formula is C26H28F3N7O2. The molecule has 0 saturated carbocycles. The first kappa shape index (κ1) is 25.6. The lowest BCUT2D eigenvalue weighted by atomic mass is 10.1. The van der Waals surface area contributed by atoms with Crippen LogP contribution in [0, 0.1) is 0 Å². The molecule has 2 aliphatic heterocycles. The van der Waals surface area contributed by atoms with Crippen molar-refractivity contribution < 1.29 is 22.7 Å². The lowest BCUT2D eigenvalue weighted by Gasteiger charge is -2.34. The third-order valence-electron chi connectivity index (χ3n) is 6.46. The number of amides is 1. The predicted molar refractivity (Wildman–Crippen MR) is 139 cm³/mol. The molecule has 3 aromatic rings. The molecule has 200 valence electrons. The highest BCUT2D eigenvalue weighted by atomic mass is 19.4. The maximum Gasteiger partial charge on any atom is 0.421 e. The van der Waals surface area contributed by atoms with Crippen LogP contribution in [-0.2, 0) is 6.18 Å². The van der Waals surface area contributed by atoms with Crippen molar-refractivity contribution in [1.29, 1.82) is 0 Å². The summed E-state index contributed by atoms with van der Waals surface area (Å²) in [6.45, 7) is 5.82. The number of benzene rings is 2. The molecule has 0 unspecified atom stereocenters. The van der Waals surface area contributed by atoms with Gasteiger partial charge in [-0.3, -0.25) is 4.79 Å². The molecule has 1 fully saturated rings. The molecule has 38 heavy (non-hydrogen) atoms. The van der Waals surface area contributed by atoms with Crippen LogP contribution in [0.5, 0.6) is 5.75 Å². The van der Waals surface area contributed by atoms with E-state index in [0.29, 0.717) is 5.69 Å². The average molecular weight is 528 g/mol. The smallest absolute Gasteiger partial charge is 0.421 e. The number of carbonyl (C=O) groups is 1. The fourth-order valence-electron chi connectivity index (χ4n) is 4.36. The van der Waals surface area contributed by atoms with E-state index in [9.17, 15) is 18.0 Å². The molecule has 3 heterocycles. The SMILES string of the molecule is C[C@H]1COc2cccc(Nc3nc(Nc4ccc(N5CCN(C)CC5)cc4)ncc3C(F)(F)F)c2C(=O)N1. The second-order valence-electron chi connectivity index (χ2n) is 9.41. The molecule has 1 atom stereocenters. The molecule has 0 radical (unpaired) electrons. The summed E-state index contributed by atoms with van der Waals surface area (Å²) >= 11 is 0. The molecule has 12 heteroatoms. The third-order valence-corrected chi connectivity index (χ3v) is 6.46. The van der Waals surface area contributed by atoms with Crippen molar-refractivity contribution in [2.24, 2.45) is 0 Å². The van der Waals surface area contributed by atoms with Gasteiger partial charge in [-0.05, 0) is 50.4 Å². The summed E-state index contributed by atoms with van der Waals surface area (Å²) in [7, 11) is 2.09. The summed E-state index contributed by atoms with van der Waals surface area (Å²) in [5.41, 5.74) is 0.885. The minimum absolute atomic E-state index is 0.0239. The van der Waals surface area contributed by atoms with Gasteiger partial charge in [0.2, 0.25) is 5.95 Å². The Morgan fingerprint density at radius 3 is 2.50 bits per heavy atom. The number of alkyl halides is 3. The van der Waals surface area contributed by atoms with Gasteiger partial charge < -0.3 is 30.5 Å². The maximum atomic E-state index is 13.8. The number of likely N-dealkylation sites (N-methyl/N-ethyl adjacent to an activating group) is 1. The number of fused-ring (bicyclic) bond motifs is 1. The number of nitrogens with one attached hydrogen (secondary N) is 3. The lowest BCUT2D eigenvalue weighted by Crippen LogP contribution is -2.44. The van der Waals surface area contributed by atoms with Crippen LogP contribution in [0.15, 0.2) is 48.7 Å². The van der Waals surface area contributed by atoms with Crippen molar-refractivity contribution >= 4 is 34.7 Å². The van der Waals surface area contributed by atoms with Crippen LogP contribution in [0.1, 0.15) is 22.8 Å². The summed E-state index contributed by atoms with van der Waals surface area (Å²) in [4.78, 5) is 25.3. The Hall–Kier alpha value is -4.06. The highest BCUT2D eigenvalue weighted by molar-refractivity contribution is 6.03. The largest absolute Gasteiger partial charge is 0.491 e. The number of piperazine rings is 1. The topological polar surface area (TPSA) is 94.7 Å². The molecule has 1 amide bonds. The summed E-state index contributed by atoms with van der Waals surface area (Å²) in [6.07, 6.45) is -4.00. The summed E-state index contributed by atoms with van der Waals surface area (Å²) in [5, 5.41) is 8.44. The number of ether oxygens (including phenoxy) is 1. The molecule has 1 aromatic heterocycles. The van der Waals surface area contributed by atoms with Crippen molar-refractivity contribution in [1.82, 2.24) is 20.2 Å². The molecule has 1 saturated heterocycles. The van der Waals surface area contributed by atoms with Gasteiger partial charge in [0.05, 0.1) is 11.7 Å². The second kappa shape index (κ2) is 10.4. The van der Waals surface area contributed by atoms with Gasteiger partial charge in [0, 0.05) is 43.8 Å². The number of nitrogens with zero attached hydrogens (tertiary/aromatic N) is 4. The highest BCUT2D eigenvalue weighted by Crippen LogP contribution is 2.37. The molecule has 3 N–H and O–H groups in total. The first-order chi connectivity index (χ1) is 18.2. The molecule has 0 bridgehead atoms. The number of hydrogen-bond acceptors (Lipinski definition) is 8. The third kappa shape index (κ3) is 5.59. The van der Waals surface area contributed by atoms with E-state index in [1.54, 1.807) is 19.1 Å². The van der Waals surface area contributed by atoms with Crippen molar-refractivity contribution in [3.63, 3.8) is 0 Å². The number of anilines is 5. The normalized spacial score (nSPS) is 18.2. The zero-order valence-electron chi connectivity index (χ0n) is 21.0. The van der Waals surface area contributed by atoms with E-state index < -0.39 is 23.5 Å². The number of hydrogen-bond donors (Lipinski definition) is 3. The van der Waals surface area contributed by atoms with E-state index >= 15 is 0 Å². The van der Waals surface area contributed by atoms with Gasteiger partial charge in [0.1, 0.15) is 29.3 Å². The number of halogens is 3. The van der Waals surface area contributed by atoms with Crippen LogP contribution >= 0.6 is 0 Å². The fourth-order valence-corrected chi connectivity index (χ4v) is 4.36. The lowest BCUT2D eigenvalue weighted by molar-refractivity contribution is -0.137. The Kier molecular flexibility index (Phi) is 6.98. The second-order valence-corrected chi connectivity index (χ2v) is 9.41. The number of aromatic nitrogens is 2. The van der Waals surface area contributed by atoms with Crippen molar-refractivity contribution in [3.8, 4) is 5.75 Å². The maximum absolute atomic E-state index is 13.8. The van der Waals surface area contributed by atoms with Crippen LogP contribution in [0.4, 0.5) is 42.0 Å². The quantitative estimate of drug-likeness (QED) is 0.454. The van der Waals surface area contributed by atoms with E-state index in [-0.39, 0.29) is 35.6 Å². The van der Waals surface area contributed by atoms with E-state index in [1.807, 2.05) is 24.3 Å². The van der Waals surface area contributed by atoms with Crippen molar-refractivity contribution in [2.75, 3.05) is 55.4 Å². The van der Waals surface area contributed by atoms with Gasteiger partial charge in [0.25, 0.3) is 5.91 Å². The zero-order chi connectivity index (χ0) is 26.9. The van der Waals surface area contributed by atoms with E-state index in [0.717, 1.165) is 38.1 Å². The fraction of sp³-hybridized carbons (Fsp3) is 0.346. The van der Waals surface area contributed by atoms with Gasteiger partial charge in [-0.25, -0.2) is 4.98 Å². The van der Waals surface area contributed by atoms with Crippen LogP contribution in [0.25, 0.3) is 0 Å². The molecule has 0 spiro atoms. The van der Waals surface area contributed by atoms with E-state index in [2.05, 4.69) is 42.8 Å². The molecule has 5 rings (SSSR count). The minimum Gasteiger partial charge on any atom is -0.491 e. The van der Waals surface area contributed by atoms with Crippen molar-refractivity contribution in [2.45, 2.75) is 19.1 Å². The van der Waals surface area contributed by atoms with Gasteiger partial charge in [-0.2, -0.15) is 18.2 Å². The monoisotopic (exact) mass is 527 g/mol. The Morgan fingerprint density at radius 1 is 1.05 bits per heavy atom. The van der Waals surface area contributed by atoms with E-state index in [4.69, 9.17) is 4.74 Å². The van der Waals surface area contributed by atoms with Crippen molar-refractivity contribution in [3.05, 3.63) is 59.8 Å². The minimum atomic E-state index is -4.72. The molecule has 2 aliphatic rings. The molecule has 0 aliphatic carbocycles. The zero-order valence-corrected chi connectivity index (χ0v) is 21.0. The van der Waals surface area contributed by atoms with Crippen LogP contribution < -0.4 is 25.6 Å². The molecule has 2 aromatic carbocycles. The van der Waals surface area contributed by atoms with Crippen LogP contribution in [-0.4, -0.2) is 66.7 Å². The summed E-state index contributed by atoms with van der Waals surface area (Å²) in [5.74, 6) is -0.681. The van der Waals surface area contributed by atoms with Gasteiger partial charge in [0.15, 0.2) is 0 Å². The highest BCUT2D eigenvalue weighted by Gasteiger charge is 2.36. The Morgan fingerprint density at radius 2 is 1.79 bits per heavy atom. The first-order valence-electron chi connectivity index (χ1n) is 12.3. The summed E-state index contributed by atoms with van der Waals surface area (Å²) < 4.78 is 47.2. The van der Waals surface area contributed by atoms with Crippen LogP contribution in [0.2, 0.25) is 0 Å².